The van der Waals surface area contributed by atoms with Gasteiger partial charge >= 0.3 is 0 Å². The lowest BCUT2D eigenvalue weighted by atomic mass is 10.2. The van der Waals surface area contributed by atoms with Gasteiger partial charge < -0.3 is 14.6 Å². The van der Waals surface area contributed by atoms with E-state index in [2.05, 4.69) is 20.4 Å². The number of ether oxygens (including phenoxy) is 1. The van der Waals surface area contributed by atoms with E-state index in [1.54, 1.807) is 18.4 Å². The lowest BCUT2D eigenvalue weighted by Crippen LogP contribution is -2.11. The summed E-state index contributed by atoms with van der Waals surface area (Å²) in [7, 11) is 1.63. The van der Waals surface area contributed by atoms with Crippen LogP contribution in [0.15, 0.2) is 51.7 Å². The Morgan fingerprint density at radius 3 is 2.79 bits per heavy atom. The predicted octanol–water partition coefficient (Wildman–Crippen LogP) is 4.89. The monoisotopic (exact) mass is 426 g/mol. The van der Waals surface area contributed by atoms with Crippen LogP contribution in [0.5, 0.6) is 5.75 Å². The van der Waals surface area contributed by atoms with Crippen LogP contribution >= 0.6 is 22.7 Å². The molecule has 0 saturated heterocycles. The zero-order valence-electron chi connectivity index (χ0n) is 15.6. The summed E-state index contributed by atoms with van der Waals surface area (Å²) in [6, 6.07) is 11.5. The molecule has 0 spiro atoms. The number of anilines is 1. The molecule has 0 unspecified atom stereocenters. The molecule has 1 aromatic carbocycles. The minimum absolute atomic E-state index is 0.0846. The predicted molar refractivity (Wildman–Crippen MR) is 113 cm³/mol. The van der Waals surface area contributed by atoms with Gasteiger partial charge in [-0.25, -0.2) is 4.98 Å². The third-order valence-electron chi connectivity index (χ3n) is 4.14. The molecule has 4 aromatic rings. The molecule has 3 aromatic heterocycles. The van der Waals surface area contributed by atoms with Gasteiger partial charge in [-0.2, -0.15) is 4.98 Å². The molecule has 0 bridgehead atoms. The average Bonchev–Trinajstić information content (AvgIpc) is 3.49. The van der Waals surface area contributed by atoms with Crippen LogP contribution in [0.2, 0.25) is 0 Å². The van der Waals surface area contributed by atoms with Gasteiger partial charge in [0.25, 0.3) is 0 Å². The van der Waals surface area contributed by atoms with E-state index in [4.69, 9.17) is 9.26 Å². The fourth-order valence-electron chi connectivity index (χ4n) is 2.67. The van der Waals surface area contributed by atoms with Crippen molar-refractivity contribution in [2.75, 3.05) is 12.4 Å². The molecule has 0 atom stereocenters. The van der Waals surface area contributed by atoms with E-state index in [1.165, 1.54) is 11.3 Å². The number of amides is 1. The summed E-state index contributed by atoms with van der Waals surface area (Å²) >= 11 is 2.96. The van der Waals surface area contributed by atoms with Gasteiger partial charge in [-0.05, 0) is 42.1 Å². The highest BCUT2D eigenvalue weighted by molar-refractivity contribution is 7.14. The lowest BCUT2D eigenvalue weighted by Gasteiger charge is -2.01. The Hall–Kier alpha value is -3.04. The fraction of sp³-hybridized carbons (Fsp3) is 0.200. The van der Waals surface area contributed by atoms with Crippen LogP contribution < -0.4 is 10.1 Å². The molecule has 4 rings (SSSR count). The molecule has 29 heavy (non-hydrogen) atoms. The van der Waals surface area contributed by atoms with Crippen molar-refractivity contribution in [3.8, 4) is 27.7 Å². The molecule has 0 aliphatic heterocycles. The van der Waals surface area contributed by atoms with Gasteiger partial charge in [-0.15, -0.1) is 22.7 Å². The largest absolute Gasteiger partial charge is 0.497 e. The van der Waals surface area contributed by atoms with Gasteiger partial charge in [0.2, 0.25) is 17.6 Å². The van der Waals surface area contributed by atoms with Crippen LogP contribution in [-0.2, 0) is 11.2 Å². The van der Waals surface area contributed by atoms with E-state index in [-0.39, 0.29) is 5.91 Å². The SMILES string of the molecule is COc1ccc(-c2csc(NC(=O)CCCc3nc(-c4cccs4)no3)n2)cc1. The number of aromatic nitrogens is 3. The summed E-state index contributed by atoms with van der Waals surface area (Å²) in [6.45, 7) is 0. The molecule has 9 heteroatoms. The second-order valence-electron chi connectivity index (χ2n) is 6.16. The van der Waals surface area contributed by atoms with Gasteiger partial charge in [0, 0.05) is 23.8 Å². The number of hydrogen-bond donors (Lipinski definition) is 1. The normalized spacial score (nSPS) is 10.8. The maximum absolute atomic E-state index is 12.2. The van der Waals surface area contributed by atoms with Crippen molar-refractivity contribution in [2.45, 2.75) is 19.3 Å². The van der Waals surface area contributed by atoms with Gasteiger partial charge in [0.05, 0.1) is 17.7 Å². The van der Waals surface area contributed by atoms with Crippen molar-refractivity contribution in [3.63, 3.8) is 0 Å². The second-order valence-corrected chi connectivity index (χ2v) is 7.96. The number of thiophene rings is 1. The Morgan fingerprint density at radius 1 is 1.17 bits per heavy atom. The summed E-state index contributed by atoms with van der Waals surface area (Å²) in [4.78, 5) is 22.0. The van der Waals surface area contributed by atoms with E-state index >= 15 is 0 Å². The number of nitrogens with zero attached hydrogens (tertiary/aromatic N) is 3. The van der Waals surface area contributed by atoms with Gasteiger partial charge in [-0.3, -0.25) is 4.79 Å². The summed E-state index contributed by atoms with van der Waals surface area (Å²) in [5.41, 5.74) is 1.79. The molecule has 7 nitrogen and oxygen atoms in total. The average molecular weight is 427 g/mol. The van der Waals surface area contributed by atoms with Crippen molar-refractivity contribution in [3.05, 3.63) is 53.0 Å². The summed E-state index contributed by atoms with van der Waals surface area (Å²) < 4.78 is 10.4. The van der Waals surface area contributed by atoms with Crippen LogP contribution in [-0.4, -0.2) is 28.1 Å². The molecule has 1 N–H and O–H groups in total. The van der Waals surface area contributed by atoms with Crippen LogP contribution in [0.25, 0.3) is 22.0 Å². The number of aryl methyl sites for hydroxylation is 1. The first-order valence-corrected chi connectivity index (χ1v) is 10.7. The molecular weight excluding hydrogens is 408 g/mol. The molecule has 148 valence electrons. The first-order chi connectivity index (χ1) is 14.2. The highest BCUT2D eigenvalue weighted by Gasteiger charge is 2.12. The molecule has 0 fully saturated rings. The molecule has 0 aliphatic rings. The van der Waals surface area contributed by atoms with Gasteiger partial charge in [-0.1, -0.05) is 11.2 Å². The molecule has 0 radical (unpaired) electrons. The highest BCUT2D eigenvalue weighted by Crippen LogP contribution is 2.26. The lowest BCUT2D eigenvalue weighted by molar-refractivity contribution is -0.116. The minimum atomic E-state index is -0.0846. The second kappa shape index (κ2) is 8.97. The van der Waals surface area contributed by atoms with Gasteiger partial charge in [0.1, 0.15) is 5.75 Å². The van der Waals surface area contributed by atoms with Crippen molar-refractivity contribution >= 4 is 33.7 Å². The van der Waals surface area contributed by atoms with E-state index in [9.17, 15) is 4.79 Å². The number of carbonyl (C=O) groups is 1. The third-order valence-corrected chi connectivity index (χ3v) is 5.76. The quantitative estimate of drug-likeness (QED) is 0.431. The molecule has 0 saturated carbocycles. The molecule has 1 amide bonds. The smallest absolute Gasteiger partial charge is 0.226 e. The van der Waals surface area contributed by atoms with Crippen molar-refractivity contribution < 1.29 is 14.1 Å². The first-order valence-electron chi connectivity index (χ1n) is 8.97. The van der Waals surface area contributed by atoms with Gasteiger partial charge in [0.15, 0.2) is 5.13 Å². The first kappa shape index (κ1) is 19.3. The molecule has 3 heterocycles. The van der Waals surface area contributed by atoms with Crippen molar-refractivity contribution in [1.82, 2.24) is 15.1 Å². The summed E-state index contributed by atoms with van der Waals surface area (Å²) in [6.07, 6.45) is 1.53. The van der Waals surface area contributed by atoms with E-state index in [0.29, 0.717) is 36.1 Å². The van der Waals surface area contributed by atoms with Crippen LogP contribution in [0.4, 0.5) is 5.13 Å². The Morgan fingerprint density at radius 2 is 2.03 bits per heavy atom. The Bertz CT molecular complexity index is 1070. The number of nitrogens with one attached hydrogen (secondary N) is 1. The Labute approximate surface area is 175 Å². The van der Waals surface area contributed by atoms with Crippen LogP contribution in [0.1, 0.15) is 18.7 Å². The van der Waals surface area contributed by atoms with E-state index in [1.807, 2.05) is 47.2 Å². The summed E-state index contributed by atoms with van der Waals surface area (Å²) in [5, 5.41) is 11.3. The van der Waals surface area contributed by atoms with E-state index in [0.717, 1.165) is 21.9 Å². The van der Waals surface area contributed by atoms with E-state index < -0.39 is 0 Å². The Balaban J connectivity index is 1.26. The number of carbonyl (C=O) groups excluding carboxylic acids is 1. The topological polar surface area (TPSA) is 90.1 Å². The number of hydrogen-bond acceptors (Lipinski definition) is 8. The molecular formula is C20H18N4O3S2. The Kier molecular flexibility index (Phi) is 5.97. The standard InChI is InChI=1S/C20H18N4O3S2/c1-26-14-9-7-13(8-10-14)15-12-29-20(21-15)22-17(25)5-2-6-18-23-19(24-27-18)16-4-3-11-28-16/h3-4,7-12H,2,5-6H2,1H3,(H,21,22,25). The fourth-order valence-corrected chi connectivity index (χ4v) is 4.05. The zero-order valence-corrected chi connectivity index (χ0v) is 17.3. The number of rotatable bonds is 8. The number of benzene rings is 1. The zero-order chi connectivity index (χ0) is 20.1. The molecule has 0 aliphatic carbocycles. The minimum Gasteiger partial charge on any atom is -0.497 e. The maximum atomic E-state index is 12.2. The van der Waals surface area contributed by atoms with Crippen LogP contribution in [0.3, 0.4) is 0 Å². The summed E-state index contributed by atoms with van der Waals surface area (Å²) in [5.74, 6) is 1.84. The van der Waals surface area contributed by atoms with Crippen LogP contribution in [0, 0.1) is 0 Å². The number of methoxy groups -OCH3 is 1. The third kappa shape index (κ3) is 4.87. The number of thiazole rings is 1. The van der Waals surface area contributed by atoms with Crippen molar-refractivity contribution in [1.29, 1.82) is 0 Å². The highest BCUT2D eigenvalue weighted by atomic mass is 32.1. The van der Waals surface area contributed by atoms with Crippen molar-refractivity contribution in [2.24, 2.45) is 0 Å². The maximum Gasteiger partial charge on any atom is 0.226 e.